The van der Waals surface area contributed by atoms with Gasteiger partial charge >= 0.3 is 5.97 Å². The Kier molecular flexibility index (Phi) is 1.18. The summed E-state index contributed by atoms with van der Waals surface area (Å²) in [6, 6.07) is 4.08. The molecule has 0 atom stereocenters. The molecule has 0 bridgehead atoms. The number of cyclic esters (lactones) is 1. The average molecular weight is 152 g/mol. The first-order valence-electron chi connectivity index (χ1n) is 3.23. The zero-order valence-electron chi connectivity index (χ0n) is 5.63. The van der Waals surface area contributed by atoms with Gasteiger partial charge in [0.25, 0.3) is 0 Å². The molecule has 0 aromatic heterocycles. The standard InChI is InChI=1S/C8H5FO2/c9-6-2-1-5-4-11-8(10)7(5)3-6/h1-3H,4H2. The molecule has 2 nitrogen and oxygen atoms in total. The Balaban J connectivity index is 2.60. The van der Waals surface area contributed by atoms with Crippen molar-refractivity contribution in [2.45, 2.75) is 6.61 Å². The molecule has 0 aliphatic carbocycles. The molecule has 1 aliphatic rings. The fourth-order valence-electron chi connectivity index (χ4n) is 1.09. The van der Waals surface area contributed by atoms with Crippen LogP contribution in [0.4, 0.5) is 4.39 Å². The van der Waals surface area contributed by atoms with Crippen LogP contribution in [0.25, 0.3) is 0 Å². The number of benzene rings is 1. The van der Waals surface area contributed by atoms with Crippen LogP contribution in [0.5, 0.6) is 0 Å². The van der Waals surface area contributed by atoms with Gasteiger partial charge in [-0.3, -0.25) is 0 Å². The molecule has 0 unspecified atom stereocenters. The quantitative estimate of drug-likeness (QED) is 0.526. The van der Waals surface area contributed by atoms with Gasteiger partial charge in [-0.2, -0.15) is 0 Å². The predicted octanol–water partition coefficient (Wildman–Crippen LogP) is 1.50. The second-order valence-electron chi connectivity index (χ2n) is 2.38. The van der Waals surface area contributed by atoms with Gasteiger partial charge in [0, 0.05) is 5.56 Å². The highest BCUT2D eigenvalue weighted by molar-refractivity contribution is 5.93. The third-order valence-corrected chi connectivity index (χ3v) is 1.65. The summed E-state index contributed by atoms with van der Waals surface area (Å²) in [5, 5.41) is 0. The van der Waals surface area contributed by atoms with Crippen LogP contribution in [-0.4, -0.2) is 5.97 Å². The summed E-state index contributed by atoms with van der Waals surface area (Å²) in [4.78, 5) is 10.8. The average Bonchev–Trinajstić information content (AvgIpc) is 2.33. The molecule has 1 aromatic rings. The lowest BCUT2D eigenvalue weighted by Crippen LogP contribution is -1.93. The molecule has 2 rings (SSSR count). The normalized spacial score (nSPS) is 14.5. The van der Waals surface area contributed by atoms with Crippen molar-refractivity contribution in [3.05, 3.63) is 35.1 Å². The number of carbonyl (C=O) groups is 1. The maximum absolute atomic E-state index is 12.5. The molecular formula is C8H5FO2. The topological polar surface area (TPSA) is 26.3 Å². The molecule has 1 aliphatic heterocycles. The van der Waals surface area contributed by atoms with E-state index in [1.807, 2.05) is 0 Å². The van der Waals surface area contributed by atoms with Crippen LogP contribution in [0.15, 0.2) is 18.2 Å². The zero-order chi connectivity index (χ0) is 7.84. The maximum atomic E-state index is 12.5. The highest BCUT2D eigenvalue weighted by atomic mass is 19.1. The number of rotatable bonds is 0. The Hall–Kier alpha value is -1.38. The molecule has 0 fully saturated rings. The van der Waals surface area contributed by atoms with Crippen molar-refractivity contribution in [1.82, 2.24) is 0 Å². The lowest BCUT2D eigenvalue weighted by Gasteiger charge is -1.91. The number of halogens is 1. The Morgan fingerprint density at radius 1 is 1.45 bits per heavy atom. The third-order valence-electron chi connectivity index (χ3n) is 1.65. The monoisotopic (exact) mass is 152 g/mol. The molecule has 0 saturated carbocycles. The molecule has 1 heterocycles. The minimum Gasteiger partial charge on any atom is -0.457 e. The first-order chi connectivity index (χ1) is 5.27. The van der Waals surface area contributed by atoms with Gasteiger partial charge in [0.2, 0.25) is 0 Å². The summed E-state index contributed by atoms with van der Waals surface area (Å²) in [6.07, 6.45) is 0. The highest BCUT2D eigenvalue weighted by Crippen LogP contribution is 2.19. The minimum absolute atomic E-state index is 0.272. The smallest absolute Gasteiger partial charge is 0.338 e. The molecule has 0 saturated heterocycles. The molecule has 0 spiro atoms. The molecule has 0 N–H and O–H groups in total. The molecule has 1 aromatic carbocycles. The molecule has 56 valence electrons. The molecular weight excluding hydrogens is 147 g/mol. The molecule has 0 radical (unpaired) electrons. The zero-order valence-corrected chi connectivity index (χ0v) is 5.63. The second kappa shape index (κ2) is 2.05. The van der Waals surface area contributed by atoms with Gasteiger partial charge in [-0.15, -0.1) is 0 Å². The Bertz CT molecular complexity index is 320. The van der Waals surface area contributed by atoms with Crippen molar-refractivity contribution >= 4 is 5.97 Å². The van der Waals surface area contributed by atoms with E-state index in [0.717, 1.165) is 5.56 Å². The van der Waals surface area contributed by atoms with Crippen molar-refractivity contribution in [2.24, 2.45) is 0 Å². The van der Waals surface area contributed by atoms with Crippen molar-refractivity contribution in [3.8, 4) is 0 Å². The number of fused-ring (bicyclic) bond motifs is 1. The van der Waals surface area contributed by atoms with Gasteiger partial charge in [-0.1, -0.05) is 6.07 Å². The van der Waals surface area contributed by atoms with Crippen LogP contribution in [0.3, 0.4) is 0 Å². The Morgan fingerprint density at radius 2 is 2.27 bits per heavy atom. The van der Waals surface area contributed by atoms with Gasteiger partial charge in [0.1, 0.15) is 12.4 Å². The predicted molar refractivity (Wildman–Crippen MR) is 35.5 cm³/mol. The van der Waals surface area contributed by atoms with Crippen LogP contribution in [0.2, 0.25) is 0 Å². The van der Waals surface area contributed by atoms with Crippen molar-refractivity contribution in [2.75, 3.05) is 0 Å². The van der Waals surface area contributed by atoms with Gasteiger partial charge in [-0.05, 0) is 12.1 Å². The highest BCUT2D eigenvalue weighted by Gasteiger charge is 2.20. The van der Waals surface area contributed by atoms with Crippen molar-refractivity contribution in [3.63, 3.8) is 0 Å². The van der Waals surface area contributed by atoms with Gasteiger partial charge in [-0.25, -0.2) is 9.18 Å². The van der Waals surface area contributed by atoms with E-state index in [-0.39, 0.29) is 6.61 Å². The second-order valence-corrected chi connectivity index (χ2v) is 2.38. The lowest BCUT2D eigenvalue weighted by atomic mass is 10.1. The minimum atomic E-state index is -0.431. The Morgan fingerprint density at radius 3 is 3.09 bits per heavy atom. The van der Waals surface area contributed by atoms with Crippen LogP contribution < -0.4 is 0 Å². The van der Waals surface area contributed by atoms with E-state index < -0.39 is 11.8 Å². The summed E-state index contributed by atoms with van der Waals surface area (Å²) in [5.41, 5.74) is 1.11. The van der Waals surface area contributed by atoms with Gasteiger partial charge in [0.05, 0.1) is 5.56 Å². The molecule has 3 heteroatoms. The summed E-state index contributed by atoms with van der Waals surface area (Å²) in [6.45, 7) is 0.272. The van der Waals surface area contributed by atoms with E-state index in [1.165, 1.54) is 12.1 Å². The van der Waals surface area contributed by atoms with Crippen molar-refractivity contribution in [1.29, 1.82) is 0 Å². The summed E-state index contributed by atoms with van der Waals surface area (Å²) >= 11 is 0. The lowest BCUT2D eigenvalue weighted by molar-refractivity contribution is 0.0535. The SMILES string of the molecule is O=C1OCc2ccc(F)cc21. The van der Waals surface area contributed by atoms with Crippen molar-refractivity contribution < 1.29 is 13.9 Å². The van der Waals surface area contributed by atoms with E-state index >= 15 is 0 Å². The molecule has 0 amide bonds. The van der Waals surface area contributed by atoms with E-state index in [0.29, 0.717) is 5.56 Å². The number of esters is 1. The fraction of sp³-hybridized carbons (Fsp3) is 0.125. The van der Waals surface area contributed by atoms with Gasteiger partial charge in [0.15, 0.2) is 0 Å². The summed E-state index contributed by atoms with van der Waals surface area (Å²) in [7, 11) is 0. The van der Waals surface area contributed by atoms with Crippen LogP contribution in [0.1, 0.15) is 15.9 Å². The van der Waals surface area contributed by atoms with Crippen LogP contribution >= 0.6 is 0 Å². The first-order valence-corrected chi connectivity index (χ1v) is 3.23. The number of ether oxygens (including phenoxy) is 1. The van der Waals surface area contributed by atoms with Crippen LogP contribution in [-0.2, 0) is 11.3 Å². The van der Waals surface area contributed by atoms with E-state index in [2.05, 4.69) is 4.74 Å². The summed E-state index contributed by atoms with van der Waals surface area (Å²) in [5.74, 6) is -0.831. The van der Waals surface area contributed by atoms with Crippen LogP contribution in [0, 0.1) is 5.82 Å². The fourth-order valence-corrected chi connectivity index (χ4v) is 1.09. The van der Waals surface area contributed by atoms with E-state index in [4.69, 9.17) is 0 Å². The third kappa shape index (κ3) is 0.888. The number of carbonyl (C=O) groups excluding carboxylic acids is 1. The summed E-state index contributed by atoms with van der Waals surface area (Å²) < 4.78 is 17.2. The van der Waals surface area contributed by atoms with Gasteiger partial charge < -0.3 is 4.74 Å². The Labute approximate surface area is 62.6 Å². The van der Waals surface area contributed by atoms with E-state index in [1.54, 1.807) is 6.07 Å². The maximum Gasteiger partial charge on any atom is 0.338 e. The first kappa shape index (κ1) is 6.34. The largest absolute Gasteiger partial charge is 0.457 e. The number of hydrogen-bond acceptors (Lipinski definition) is 2. The number of hydrogen-bond donors (Lipinski definition) is 0. The molecule has 11 heavy (non-hydrogen) atoms. The van der Waals surface area contributed by atoms with E-state index in [9.17, 15) is 9.18 Å².